The number of anilines is 1. The van der Waals surface area contributed by atoms with Crippen LogP contribution >= 0.6 is 0 Å². The number of phenolic OH excluding ortho intramolecular Hbond substituents is 3. The van der Waals surface area contributed by atoms with Gasteiger partial charge in [-0.2, -0.15) is 0 Å². The van der Waals surface area contributed by atoms with Gasteiger partial charge in [0.25, 0.3) is 0 Å². The molecule has 9 heteroatoms. The first kappa shape index (κ1) is 28.4. The molecule has 2 aliphatic rings. The van der Waals surface area contributed by atoms with Crippen molar-refractivity contribution in [3.05, 3.63) is 87.7 Å². The topological polar surface area (TPSA) is 131 Å². The van der Waals surface area contributed by atoms with Gasteiger partial charge in [0.1, 0.15) is 22.7 Å². The maximum Gasteiger partial charge on any atom is 0.204 e. The minimum Gasteiger partial charge on any atom is -0.508 e. The lowest BCUT2D eigenvalue weighted by atomic mass is 9.88. The number of fused-ring (bicyclic) bond motifs is 8. The van der Waals surface area contributed by atoms with Crippen LogP contribution in [0.15, 0.2) is 69.9 Å². The fourth-order valence-corrected chi connectivity index (χ4v) is 6.38. The lowest BCUT2D eigenvalue weighted by Crippen LogP contribution is -2.50. The van der Waals surface area contributed by atoms with E-state index >= 15 is 0 Å². The van der Waals surface area contributed by atoms with Crippen molar-refractivity contribution in [1.82, 2.24) is 10.3 Å². The van der Waals surface area contributed by atoms with E-state index in [1.807, 2.05) is 12.1 Å². The number of ether oxygens (including phenoxy) is 1. The molecule has 7 rings (SSSR count). The number of H-pyrrole nitrogens is 1. The highest BCUT2D eigenvalue weighted by Gasteiger charge is 2.30. The Bertz CT molecular complexity index is 2050. The smallest absolute Gasteiger partial charge is 0.204 e. The highest BCUT2D eigenvalue weighted by Crippen LogP contribution is 2.48. The Morgan fingerprint density at radius 3 is 2.62 bits per heavy atom. The largest absolute Gasteiger partial charge is 0.508 e. The molecule has 45 heavy (non-hydrogen) atoms. The Morgan fingerprint density at radius 2 is 1.84 bits per heavy atom. The van der Waals surface area contributed by atoms with E-state index < -0.39 is 17.1 Å². The highest BCUT2D eigenvalue weighted by molar-refractivity contribution is 5.93. The summed E-state index contributed by atoms with van der Waals surface area (Å²) >= 11 is 0. The number of aryl methyl sites for hydroxylation is 1. The van der Waals surface area contributed by atoms with Crippen LogP contribution in [-0.4, -0.2) is 53.1 Å². The molecule has 0 saturated carbocycles. The monoisotopic (exact) mass is 603 g/mol. The summed E-state index contributed by atoms with van der Waals surface area (Å²) in [6, 6.07) is 17.8. The Balaban J connectivity index is 1.46. The van der Waals surface area contributed by atoms with Crippen LogP contribution in [0.3, 0.4) is 0 Å². The van der Waals surface area contributed by atoms with Gasteiger partial charge in [-0.05, 0) is 54.3 Å². The van der Waals surface area contributed by atoms with Gasteiger partial charge in [-0.15, -0.1) is 0 Å². The second-order valence-electron chi connectivity index (χ2n) is 11.5. The number of aromatic amines is 1. The van der Waals surface area contributed by atoms with Crippen LogP contribution in [0.2, 0.25) is 0 Å². The first-order valence-electron chi connectivity index (χ1n) is 15.0. The molecule has 0 amide bonds. The van der Waals surface area contributed by atoms with Crippen LogP contribution in [0.4, 0.5) is 5.82 Å². The number of hydrogen-bond donors (Lipinski definition) is 5. The van der Waals surface area contributed by atoms with Crippen LogP contribution in [0.5, 0.6) is 23.0 Å². The zero-order chi connectivity index (χ0) is 31.2. The number of methoxy groups -OCH3 is 1. The summed E-state index contributed by atoms with van der Waals surface area (Å²) in [6.45, 7) is 4.36. The maximum atomic E-state index is 13.5. The fraction of sp³-hybridized carbons (Fsp3) is 0.250. The quantitative estimate of drug-likeness (QED) is 0.176. The second-order valence-corrected chi connectivity index (χ2v) is 11.5. The number of phenols is 3. The zero-order valence-corrected chi connectivity index (χ0v) is 25.0. The fourth-order valence-electron chi connectivity index (χ4n) is 6.38. The molecule has 228 valence electrons. The first-order chi connectivity index (χ1) is 21.8. The van der Waals surface area contributed by atoms with Gasteiger partial charge in [-0.25, -0.2) is 0 Å². The van der Waals surface area contributed by atoms with Gasteiger partial charge in [-0.1, -0.05) is 43.0 Å². The molecule has 5 aromatic rings. The molecule has 2 atom stereocenters. The lowest BCUT2D eigenvalue weighted by molar-refractivity contribution is 0.343. The predicted octanol–water partition coefficient (Wildman–Crippen LogP) is 5.26. The van der Waals surface area contributed by atoms with Gasteiger partial charge in [-0.3, -0.25) is 4.79 Å². The van der Waals surface area contributed by atoms with Crippen LogP contribution in [0, 0.1) is 11.8 Å². The third-order valence-electron chi connectivity index (χ3n) is 8.65. The Morgan fingerprint density at radius 1 is 1.02 bits per heavy atom. The number of nitrogens with zero attached hydrogens (tertiary/aromatic N) is 1. The number of piperazine rings is 1. The summed E-state index contributed by atoms with van der Waals surface area (Å²) < 4.78 is 11.7. The van der Waals surface area contributed by atoms with E-state index in [2.05, 4.69) is 52.2 Å². The normalized spacial score (nSPS) is 17.5. The minimum atomic E-state index is -0.635. The average Bonchev–Trinajstić information content (AvgIpc) is 3.48. The Hall–Kier alpha value is -5.33. The Labute approximate surface area is 259 Å². The third kappa shape index (κ3) is 5.03. The van der Waals surface area contributed by atoms with Crippen molar-refractivity contribution in [2.45, 2.75) is 31.7 Å². The van der Waals surface area contributed by atoms with Crippen molar-refractivity contribution in [3.8, 4) is 57.3 Å². The molecule has 3 aromatic carbocycles. The van der Waals surface area contributed by atoms with Crippen molar-refractivity contribution >= 4 is 16.8 Å². The van der Waals surface area contributed by atoms with Gasteiger partial charge < -0.3 is 39.7 Å². The van der Waals surface area contributed by atoms with Gasteiger partial charge in [0.2, 0.25) is 5.75 Å². The number of hydrogen-bond acceptors (Lipinski definition) is 8. The van der Waals surface area contributed by atoms with Crippen LogP contribution in [-0.2, 0) is 12.8 Å². The average molecular weight is 604 g/mol. The second kappa shape index (κ2) is 11.3. The van der Waals surface area contributed by atoms with Crippen molar-refractivity contribution in [2.24, 2.45) is 0 Å². The number of aromatic hydroxyl groups is 3. The molecule has 9 nitrogen and oxygen atoms in total. The standard InChI is InChI=1S/C36H33N3O6/c1-3-24-17-27-22-6-4-5-20(15-22)16-23(7-10-25-19-39(14-13-37-25)36(27)38-24)30-32(42)35(44-2)33(43)31-28(41)18-29(45-34(30)31)21-8-11-26(40)12-9-21/h4-6,8-9,11-12,15,17-18,23,25,37-38,40,42-43H,3,13-14,16,19H2,1-2H3. The van der Waals surface area contributed by atoms with Crippen molar-refractivity contribution in [1.29, 1.82) is 0 Å². The van der Waals surface area contributed by atoms with Gasteiger partial charge >= 0.3 is 0 Å². The molecule has 4 bridgehead atoms. The number of nitrogens with one attached hydrogen (secondary N) is 2. The number of benzene rings is 3. The number of aromatic nitrogens is 1. The van der Waals surface area contributed by atoms with Gasteiger partial charge in [0, 0.05) is 42.5 Å². The molecule has 0 aliphatic carbocycles. The van der Waals surface area contributed by atoms with Crippen molar-refractivity contribution in [2.75, 3.05) is 31.6 Å². The molecular weight excluding hydrogens is 570 g/mol. The zero-order valence-electron chi connectivity index (χ0n) is 25.0. The molecule has 0 radical (unpaired) electrons. The van der Waals surface area contributed by atoms with E-state index in [-0.39, 0.29) is 45.6 Å². The maximum absolute atomic E-state index is 13.5. The van der Waals surface area contributed by atoms with E-state index in [0.29, 0.717) is 18.5 Å². The van der Waals surface area contributed by atoms with Gasteiger partial charge in [0.15, 0.2) is 22.5 Å². The summed E-state index contributed by atoms with van der Waals surface area (Å²) in [5.41, 5.74) is 4.66. The van der Waals surface area contributed by atoms with E-state index in [9.17, 15) is 20.1 Å². The highest BCUT2D eigenvalue weighted by atomic mass is 16.5. The van der Waals surface area contributed by atoms with Crippen LogP contribution in [0.1, 0.15) is 29.7 Å². The molecule has 2 aliphatic heterocycles. The summed E-state index contributed by atoms with van der Waals surface area (Å²) in [5.74, 6) is 6.51. The van der Waals surface area contributed by atoms with Gasteiger partial charge in [0.05, 0.1) is 24.6 Å². The third-order valence-corrected chi connectivity index (χ3v) is 8.65. The molecular formula is C36H33N3O6. The summed E-state index contributed by atoms with van der Waals surface area (Å²) in [5, 5.41) is 35.9. The van der Waals surface area contributed by atoms with E-state index in [4.69, 9.17) is 9.15 Å². The molecule has 2 aromatic heterocycles. The SMILES string of the molecule is CCc1cc2c([nH]1)N1CCNC(C#CC(c3c(O)c(OC)c(O)c4c(=O)cc(-c5ccc(O)cc5)oc34)Cc3cccc-2c3)C1. The molecule has 5 N–H and O–H groups in total. The molecule has 1 fully saturated rings. The van der Waals surface area contributed by atoms with Crippen molar-refractivity contribution in [3.63, 3.8) is 0 Å². The summed E-state index contributed by atoms with van der Waals surface area (Å²) in [4.78, 5) is 19.5. The minimum absolute atomic E-state index is 0.0302. The molecule has 4 heterocycles. The lowest BCUT2D eigenvalue weighted by Gasteiger charge is -2.33. The molecule has 2 unspecified atom stereocenters. The molecule has 1 saturated heterocycles. The van der Waals surface area contributed by atoms with E-state index in [0.717, 1.165) is 47.7 Å². The van der Waals surface area contributed by atoms with E-state index in [1.165, 1.54) is 25.3 Å². The number of rotatable bonds is 4. The predicted molar refractivity (Wildman–Crippen MR) is 173 cm³/mol. The van der Waals surface area contributed by atoms with Crippen LogP contribution < -0.4 is 20.4 Å². The first-order valence-corrected chi connectivity index (χ1v) is 15.0. The molecule has 0 spiro atoms. The van der Waals surface area contributed by atoms with Crippen molar-refractivity contribution < 1.29 is 24.5 Å². The summed E-state index contributed by atoms with van der Waals surface area (Å²) in [7, 11) is 1.33. The van der Waals surface area contributed by atoms with Crippen LogP contribution in [0.25, 0.3) is 33.4 Å². The summed E-state index contributed by atoms with van der Waals surface area (Å²) in [6.07, 6.45) is 1.28. The van der Waals surface area contributed by atoms with E-state index in [1.54, 1.807) is 12.1 Å². The Kier molecular flexibility index (Phi) is 7.15.